The van der Waals surface area contributed by atoms with Gasteiger partial charge in [0.2, 0.25) is 0 Å². The summed E-state index contributed by atoms with van der Waals surface area (Å²) in [5.74, 6) is 1.31. The number of benzene rings is 1. The van der Waals surface area contributed by atoms with Gasteiger partial charge in [0.15, 0.2) is 0 Å². The molecule has 1 aromatic carbocycles. The first-order valence-corrected chi connectivity index (χ1v) is 7.30. The van der Waals surface area contributed by atoms with Crippen LogP contribution in [0.15, 0.2) is 24.3 Å². The highest BCUT2D eigenvalue weighted by Crippen LogP contribution is 2.38. The minimum atomic E-state index is 0.583. The highest BCUT2D eigenvalue weighted by Gasteiger charge is 2.28. The Morgan fingerprint density at radius 2 is 2.00 bits per heavy atom. The third kappa shape index (κ3) is 1.99. The van der Waals surface area contributed by atoms with E-state index in [4.69, 9.17) is 16.7 Å². The van der Waals surface area contributed by atoms with Gasteiger partial charge in [0.05, 0.1) is 16.4 Å². The minimum Gasteiger partial charge on any atom is -0.236 e. The van der Waals surface area contributed by atoms with Crippen LogP contribution in [0.25, 0.3) is 5.69 Å². The van der Waals surface area contributed by atoms with Crippen LogP contribution in [-0.4, -0.2) is 9.78 Å². The number of fused-ring (bicyclic) bond motifs is 1. The summed E-state index contributed by atoms with van der Waals surface area (Å²) in [7, 11) is 0. The lowest BCUT2D eigenvalue weighted by Gasteiger charge is -2.25. The minimum absolute atomic E-state index is 0.583. The van der Waals surface area contributed by atoms with E-state index in [1.54, 1.807) is 0 Å². The number of aryl methyl sites for hydroxylation is 1. The zero-order chi connectivity index (χ0) is 13.6. The average molecular weight is 275 g/mol. The topological polar surface area (TPSA) is 17.8 Å². The molecular formula is C16H19ClN2. The number of rotatable bonds is 1. The Morgan fingerprint density at radius 3 is 2.74 bits per heavy atom. The van der Waals surface area contributed by atoms with Gasteiger partial charge in [-0.15, -0.1) is 0 Å². The molecule has 2 nitrogen and oxygen atoms in total. The van der Waals surface area contributed by atoms with Crippen molar-refractivity contribution in [2.75, 3.05) is 0 Å². The van der Waals surface area contributed by atoms with Crippen molar-refractivity contribution in [3.63, 3.8) is 0 Å². The van der Waals surface area contributed by atoms with E-state index < -0.39 is 0 Å². The molecule has 1 heterocycles. The van der Waals surface area contributed by atoms with Crippen molar-refractivity contribution in [3.05, 3.63) is 46.2 Å². The highest BCUT2D eigenvalue weighted by atomic mass is 35.5. The van der Waals surface area contributed by atoms with Crippen molar-refractivity contribution < 1.29 is 0 Å². The normalized spacial score (nSPS) is 22.3. The van der Waals surface area contributed by atoms with Crippen LogP contribution >= 0.6 is 11.6 Å². The average Bonchev–Trinajstić information content (AvgIpc) is 2.73. The van der Waals surface area contributed by atoms with Gasteiger partial charge in [-0.3, -0.25) is 0 Å². The lowest BCUT2D eigenvalue weighted by molar-refractivity contribution is 0.423. The predicted octanol–water partition coefficient (Wildman–Crippen LogP) is 4.52. The monoisotopic (exact) mass is 274 g/mol. The highest BCUT2D eigenvalue weighted by molar-refractivity contribution is 6.32. The summed E-state index contributed by atoms with van der Waals surface area (Å²) in [5, 5.41) is 5.55. The van der Waals surface area contributed by atoms with Crippen molar-refractivity contribution in [1.29, 1.82) is 0 Å². The Morgan fingerprint density at radius 1 is 1.26 bits per heavy atom. The van der Waals surface area contributed by atoms with E-state index in [-0.39, 0.29) is 0 Å². The molecule has 2 aromatic rings. The van der Waals surface area contributed by atoms with E-state index in [0.29, 0.717) is 5.92 Å². The molecule has 0 bridgehead atoms. The zero-order valence-electron chi connectivity index (χ0n) is 11.7. The third-order valence-electron chi connectivity index (χ3n) is 4.47. The lowest BCUT2D eigenvalue weighted by Crippen LogP contribution is -2.15. The number of aromatic nitrogens is 2. The van der Waals surface area contributed by atoms with Gasteiger partial charge in [0.25, 0.3) is 0 Å². The molecule has 2 atom stereocenters. The van der Waals surface area contributed by atoms with Crippen LogP contribution in [0.2, 0.25) is 5.02 Å². The molecule has 0 N–H and O–H groups in total. The molecule has 1 unspecified atom stereocenters. The Kier molecular flexibility index (Phi) is 3.14. The molecule has 1 aliphatic carbocycles. The summed E-state index contributed by atoms with van der Waals surface area (Å²) in [6, 6.07) is 7.91. The molecule has 0 spiro atoms. The van der Waals surface area contributed by atoms with Crippen LogP contribution in [0.1, 0.15) is 43.1 Å². The zero-order valence-corrected chi connectivity index (χ0v) is 12.4. The fourth-order valence-electron chi connectivity index (χ4n) is 3.11. The van der Waals surface area contributed by atoms with E-state index in [1.807, 2.05) is 28.9 Å². The molecule has 0 radical (unpaired) electrons. The second-order valence-electron chi connectivity index (χ2n) is 5.61. The Hall–Kier alpha value is -1.28. The molecule has 0 fully saturated rings. The summed E-state index contributed by atoms with van der Waals surface area (Å²) in [5.41, 5.74) is 4.90. The Bertz CT molecular complexity index is 615. The maximum atomic E-state index is 6.30. The van der Waals surface area contributed by atoms with Gasteiger partial charge in [0, 0.05) is 5.69 Å². The molecule has 0 saturated heterocycles. The van der Waals surface area contributed by atoms with Crippen molar-refractivity contribution >= 4 is 11.6 Å². The fourth-order valence-corrected chi connectivity index (χ4v) is 3.32. The Balaban J connectivity index is 2.16. The molecule has 19 heavy (non-hydrogen) atoms. The Labute approximate surface area is 119 Å². The van der Waals surface area contributed by atoms with Crippen molar-refractivity contribution in [2.24, 2.45) is 5.92 Å². The molecular weight excluding hydrogens is 256 g/mol. The number of hydrogen-bond donors (Lipinski definition) is 0. The van der Waals surface area contributed by atoms with E-state index >= 15 is 0 Å². The number of nitrogens with zero attached hydrogens (tertiary/aromatic N) is 2. The van der Waals surface area contributed by atoms with Crippen LogP contribution < -0.4 is 0 Å². The lowest BCUT2D eigenvalue weighted by atomic mass is 9.79. The van der Waals surface area contributed by atoms with E-state index in [1.165, 1.54) is 23.4 Å². The van der Waals surface area contributed by atoms with E-state index in [0.717, 1.165) is 23.0 Å². The fraction of sp³-hybridized carbons (Fsp3) is 0.438. The van der Waals surface area contributed by atoms with Gasteiger partial charge >= 0.3 is 0 Å². The summed E-state index contributed by atoms with van der Waals surface area (Å²) in [6.45, 7) is 6.80. The molecule has 100 valence electrons. The van der Waals surface area contributed by atoms with Crippen LogP contribution in [0, 0.1) is 12.8 Å². The van der Waals surface area contributed by atoms with Crippen LogP contribution in [0.4, 0.5) is 0 Å². The van der Waals surface area contributed by atoms with Gasteiger partial charge in [-0.1, -0.05) is 37.6 Å². The van der Waals surface area contributed by atoms with Gasteiger partial charge < -0.3 is 0 Å². The molecule has 0 saturated carbocycles. The first-order chi connectivity index (χ1) is 9.09. The van der Waals surface area contributed by atoms with Crippen LogP contribution in [-0.2, 0) is 6.42 Å². The quantitative estimate of drug-likeness (QED) is 0.748. The molecule has 0 aliphatic heterocycles. The van der Waals surface area contributed by atoms with Crippen molar-refractivity contribution in [1.82, 2.24) is 9.78 Å². The van der Waals surface area contributed by atoms with Gasteiger partial charge in [-0.05, 0) is 49.3 Å². The SMILES string of the molecule is Cc1c2c(nn1-c1ccccc1Cl)CCC(C)[C@@H]2C. The van der Waals surface area contributed by atoms with Crippen LogP contribution in [0.3, 0.4) is 0 Å². The molecule has 3 rings (SSSR count). The second kappa shape index (κ2) is 4.68. The molecule has 3 heteroatoms. The maximum absolute atomic E-state index is 6.30. The maximum Gasteiger partial charge on any atom is 0.0835 e. The van der Waals surface area contributed by atoms with Crippen LogP contribution in [0.5, 0.6) is 0 Å². The first-order valence-electron chi connectivity index (χ1n) is 6.93. The summed E-state index contributed by atoms with van der Waals surface area (Å²) in [4.78, 5) is 0. The summed E-state index contributed by atoms with van der Waals surface area (Å²) in [6.07, 6.45) is 2.31. The summed E-state index contributed by atoms with van der Waals surface area (Å²) < 4.78 is 2.02. The van der Waals surface area contributed by atoms with Crippen molar-refractivity contribution in [2.45, 2.75) is 39.5 Å². The largest absolute Gasteiger partial charge is 0.236 e. The van der Waals surface area contributed by atoms with Gasteiger partial charge in [-0.2, -0.15) is 5.10 Å². The van der Waals surface area contributed by atoms with E-state index in [2.05, 4.69) is 20.8 Å². The van der Waals surface area contributed by atoms with E-state index in [9.17, 15) is 0 Å². The molecule has 1 aliphatic rings. The smallest absolute Gasteiger partial charge is 0.0835 e. The predicted molar refractivity (Wildman–Crippen MR) is 79.2 cm³/mol. The van der Waals surface area contributed by atoms with Gasteiger partial charge in [0.1, 0.15) is 0 Å². The number of hydrogen-bond acceptors (Lipinski definition) is 1. The van der Waals surface area contributed by atoms with Gasteiger partial charge in [-0.25, -0.2) is 4.68 Å². The van der Waals surface area contributed by atoms with Crippen molar-refractivity contribution in [3.8, 4) is 5.69 Å². The standard InChI is InChI=1S/C16H19ClN2/c1-10-8-9-14-16(11(10)2)12(3)19(18-14)15-7-5-4-6-13(15)17/h4-7,10-11H,8-9H2,1-3H3/t10?,11-/m0/s1. The molecule has 0 amide bonds. The number of halogens is 1. The molecule has 1 aromatic heterocycles. The first kappa shape index (κ1) is 12.7. The third-order valence-corrected chi connectivity index (χ3v) is 4.78. The second-order valence-corrected chi connectivity index (χ2v) is 6.02. The number of para-hydroxylation sites is 1. The summed E-state index contributed by atoms with van der Waals surface area (Å²) >= 11 is 6.30.